The van der Waals surface area contributed by atoms with Crippen LogP contribution in [0.2, 0.25) is 0 Å². The number of nitrogens with zero attached hydrogens (tertiary/aromatic N) is 2. The molecule has 2 N–H and O–H groups in total. The van der Waals surface area contributed by atoms with E-state index in [-0.39, 0.29) is 17.9 Å². The highest BCUT2D eigenvalue weighted by atomic mass is 32.1. The van der Waals surface area contributed by atoms with Crippen molar-refractivity contribution in [3.8, 4) is 6.07 Å². The van der Waals surface area contributed by atoms with Crippen molar-refractivity contribution in [2.24, 2.45) is 0 Å². The molecule has 0 fully saturated rings. The van der Waals surface area contributed by atoms with Crippen LogP contribution in [0.1, 0.15) is 21.6 Å². The molecule has 0 saturated heterocycles. The topological polar surface area (TPSA) is 98.6 Å². The lowest BCUT2D eigenvalue weighted by molar-refractivity contribution is -0.115. The predicted molar refractivity (Wildman–Crippen MR) is 113 cm³/mol. The number of hydrogen-bond donors (Lipinski definition) is 2. The minimum Gasteiger partial charge on any atom is -0.322 e. The smallest absolute Gasteiger partial charge is 0.252 e. The first-order valence-electron chi connectivity index (χ1n) is 8.95. The first-order valence-corrected chi connectivity index (χ1v) is 9.77. The quantitative estimate of drug-likeness (QED) is 0.534. The Kier molecular flexibility index (Phi) is 5.18. The van der Waals surface area contributed by atoms with E-state index in [1.54, 1.807) is 24.4 Å². The van der Waals surface area contributed by atoms with Crippen LogP contribution in [0.3, 0.4) is 0 Å². The second-order valence-electron chi connectivity index (χ2n) is 6.55. The molecular weight excluding hydrogens is 384 g/mol. The van der Waals surface area contributed by atoms with Crippen LogP contribution >= 0.6 is 11.3 Å². The van der Waals surface area contributed by atoms with Crippen molar-refractivity contribution < 1.29 is 4.79 Å². The standard InChI is InChI=1S/C22H16N4O2S/c23-12-15-7-5-14(6-8-15)9-18-13-24-22(29-18)26-20(27)11-17-10-16-3-1-2-4-19(16)25-21(17)28/h1-8,10,13H,9,11H2,(H,25,28)(H,24,26,27). The average Bonchev–Trinajstić information content (AvgIpc) is 3.15. The Morgan fingerprint density at radius 2 is 1.97 bits per heavy atom. The van der Waals surface area contributed by atoms with E-state index in [1.165, 1.54) is 11.3 Å². The zero-order chi connectivity index (χ0) is 20.2. The summed E-state index contributed by atoms with van der Waals surface area (Å²) >= 11 is 1.39. The molecule has 4 aromatic rings. The molecule has 0 aliphatic heterocycles. The van der Waals surface area contributed by atoms with Crippen molar-refractivity contribution in [2.75, 3.05) is 5.32 Å². The molecule has 29 heavy (non-hydrogen) atoms. The molecule has 142 valence electrons. The van der Waals surface area contributed by atoms with E-state index in [9.17, 15) is 9.59 Å². The van der Waals surface area contributed by atoms with Crippen LogP contribution in [0, 0.1) is 11.3 Å². The normalized spacial score (nSPS) is 10.6. The third kappa shape index (κ3) is 4.39. The summed E-state index contributed by atoms with van der Waals surface area (Å²) in [6.07, 6.45) is 2.37. The SMILES string of the molecule is N#Cc1ccc(Cc2cnc(NC(=O)Cc3cc4ccccc4[nH]c3=O)s2)cc1. The number of nitriles is 1. The number of rotatable bonds is 5. The number of nitrogens with one attached hydrogen (secondary N) is 2. The van der Waals surface area contributed by atoms with E-state index in [2.05, 4.69) is 21.4 Å². The van der Waals surface area contributed by atoms with Crippen molar-refractivity contribution in [2.45, 2.75) is 12.8 Å². The van der Waals surface area contributed by atoms with E-state index >= 15 is 0 Å². The van der Waals surface area contributed by atoms with Gasteiger partial charge in [-0.3, -0.25) is 9.59 Å². The lowest BCUT2D eigenvalue weighted by atomic mass is 10.1. The fourth-order valence-electron chi connectivity index (χ4n) is 3.01. The maximum absolute atomic E-state index is 12.4. The Morgan fingerprint density at radius 3 is 2.76 bits per heavy atom. The largest absolute Gasteiger partial charge is 0.322 e. The van der Waals surface area contributed by atoms with Crippen molar-refractivity contribution in [3.63, 3.8) is 0 Å². The number of benzene rings is 2. The number of anilines is 1. The Bertz CT molecular complexity index is 1280. The van der Waals surface area contributed by atoms with Gasteiger partial charge in [-0.2, -0.15) is 5.26 Å². The Morgan fingerprint density at radius 1 is 1.17 bits per heavy atom. The lowest BCUT2D eigenvalue weighted by Gasteiger charge is -2.03. The van der Waals surface area contributed by atoms with Gasteiger partial charge in [-0.25, -0.2) is 4.98 Å². The number of carbonyl (C=O) groups excluding carboxylic acids is 1. The molecule has 6 nitrogen and oxygen atoms in total. The second-order valence-corrected chi connectivity index (χ2v) is 7.67. The predicted octanol–water partition coefficient (Wildman–Crippen LogP) is 3.63. The number of H-pyrrole nitrogens is 1. The van der Waals surface area contributed by atoms with Crippen LogP contribution in [0.15, 0.2) is 65.6 Å². The van der Waals surface area contributed by atoms with Crippen molar-refractivity contribution in [1.82, 2.24) is 9.97 Å². The summed E-state index contributed by atoms with van der Waals surface area (Å²) in [7, 11) is 0. The van der Waals surface area contributed by atoms with Gasteiger partial charge in [-0.15, -0.1) is 11.3 Å². The average molecular weight is 400 g/mol. The lowest BCUT2D eigenvalue weighted by Crippen LogP contribution is -2.20. The molecule has 0 bridgehead atoms. The van der Waals surface area contributed by atoms with Gasteiger partial charge in [-0.05, 0) is 35.2 Å². The number of aromatic nitrogens is 2. The van der Waals surface area contributed by atoms with E-state index in [0.29, 0.717) is 22.7 Å². The van der Waals surface area contributed by atoms with Crippen molar-refractivity contribution in [1.29, 1.82) is 5.26 Å². The van der Waals surface area contributed by atoms with E-state index in [4.69, 9.17) is 5.26 Å². The molecule has 0 aliphatic rings. The van der Waals surface area contributed by atoms with Crippen molar-refractivity contribution >= 4 is 33.3 Å². The Labute approximate surface area is 170 Å². The van der Waals surface area contributed by atoms with Gasteiger partial charge in [0.1, 0.15) is 0 Å². The number of hydrogen-bond acceptors (Lipinski definition) is 5. The molecule has 4 rings (SSSR count). The molecule has 1 amide bonds. The fraction of sp³-hybridized carbons (Fsp3) is 0.0909. The number of para-hydroxylation sites is 1. The minimum absolute atomic E-state index is 0.0231. The summed E-state index contributed by atoms with van der Waals surface area (Å²) in [5.74, 6) is -0.287. The van der Waals surface area contributed by atoms with Crippen LogP contribution in [0.5, 0.6) is 0 Å². The van der Waals surface area contributed by atoms with Gasteiger partial charge < -0.3 is 10.3 Å². The third-order valence-corrected chi connectivity index (χ3v) is 5.36. The van der Waals surface area contributed by atoms with Crippen LogP contribution in [0.25, 0.3) is 10.9 Å². The number of fused-ring (bicyclic) bond motifs is 1. The number of thiazole rings is 1. The van der Waals surface area contributed by atoms with E-state index in [0.717, 1.165) is 21.3 Å². The van der Waals surface area contributed by atoms with Gasteiger partial charge in [0.2, 0.25) is 5.91 Å². The molecule has 7 heteroatoms. The second kappa shape index (κ2) is 8.09. The maximum Gasteiger partial charge on any atom is 0.252 e. The first-order chi connectivity index (χ1) is 14.1. The molecular formula is C22H16N4O2S. The van der Waals surface area contributed by atoms with E-state index < -0.39 is 0 Å². The molecule has 0 atom stereocenters. The van der Waals surface area contributed by atoms with Gasteiger partial charge >= 0.3 is 0 Å². The highest BCUT2D eigenvalue weighted by Gasteiger charge is 2.11. The summed E-state index contributed by atoms with van der Waals surface area (Å²) in [6, 6.07) is 18.7. The molecule has 0 unspecified atom stereocenters. The highest BCUT2D eigenvalue weighted by Crippen LogP contribution is 2.21. The summed E-state index contributed by atoms with van der Waals surface area (Å²) in [4.78, 5) is 32.6. The highest BCUT2D eigenvalue weighted by molar-refractivity contribution is 7.15. The number of aromatic amines is 1. The molecule has 0 aliphatic carbocycles. The molecule has 2 heterocycles. The fourth-order valence-corrected chi connectivity index (χ4v) is 3.87. The van der Waals surface area contributed by atoms with Gasteiger partial charge in [0.25, 0.3) is 5.56 Å². The number of carbonyl (C=O) groups is 1. The van der Waals surface area contributed by atoms with Crippen LogP contribution in [0.4, 0.5) is 5.13 Å². The number of pyridine rings is 1. The van der Waals surface area contributed by atoms with Crippen LogP contribution < -0.4 is 10.9 Å². The Hall–Kier alpha value is -3.76. The molecule has 2 aromatic heterocycles. The van der Waals surface area contributed by atoms with Gasteiger partial charge in [-0.1, -0.05) is 30.3 Å². The van der Waals surface area contributed by atoms with Crippen LogP contribution in [-0.2, 0) is 17.6 Å². The molecule has 0 saturated carbocycles. The summed E-state index contributed by atoms with van der Waals surface area (Å²) in [5.41, 5.74) is 2.58. The zero-order valence-corrected chi connectivity index (χ0v) is 16.1. The third-order valence-electron chi connectivity index (χ3n) is 4.44. The number of amides is 1. The van der Waals surface area contributed by atoms with Gasteiger partial charge in [0, 0.05) is 28.6 Å². The summed E-state index contributed by atoms with van der Waals surface area (Å²) in [6.45, 7) is 0. The minimum atomic E-state index is -0.287. The van der Waals surface area contributed by atoms with Gasteiger partial charge in [0.05, 0.1) is 18.1 Å². The molecule has 2 aromatic carbocycles. The molecule has 0 radical (unpaired) electrons. The van der Waals surface area contributed by atoms with E-state index in [1.807, 2.05) is 36.4 Å². The van der Waals surface area contributed by atoms with Crippen LogP contribution in [-0.4, -0.2) is 15.9 Å². The van der Waals surface area contributed by atoms with Crippen molar-refractivity contribution in [3.05, 3.63) is 92.7 Å². The zero-order valence-electron chi connectivity index (χ0n) is 15.3. The summed E-state index contributed by atoms with van der Waals surface area (Å²) in [5, 5.41) is 13.0. The first kappa shape index (κ1) is 18.6. The monoisotopic (exact) mass is 400 g/mol. The van der Waals surface area contributed by atoms with Gasteiger partial charge in [0.15, 0.2) is 5.13 Å². The summed E-state index contributed by atoms with van der Waals surface area (Å²) < 4.78 is 0. The molecule has 0 spiro atoms. The Balaban J connectivity index is 1.42. The maximum atomic E-state index is 12.4.